The number of carbonyl (C=O) groups excluding carboxylic acids is 1. The number of fused-ring (bicyclic) bond motifs is 2. The fraction of sp³-hybridized carbons (Fsp3) is 0.500. The molecule has 0 spiro atoms. The molecule has 0 radical (unpaired) electrons. The zero-order valence-electron chi connectivity index (χ0n) is 13.1. The van der Waals surface area contributed by atoms with Gasteiger partial charge in [-0.05, 0) is 30.2 Å². The average Bonchev–Trinajstić information content (AvgIpc) is 2.69. The maximum Gasteiger partial charge on any atom is 0.310 e. The number of hydrogen-bond donors (Lipinski definition) is 0. The largest absolute Gasteiger partial charge is 1.00 e. The van der Waals surface area contributed by atoms with E-state index in [4.69, 9.17) is 4.74 Å². The quantitative estimate of drug-likeness (QED) is 0.335. The van der Waals surface area contributed by atoms with Crippen molar-refractivity contribution >= 4 is 5.97 Å². The smallest absolute Gasteiger partial charge is 0.310 e. The Kier molecular flexibility index (Phi) is 5.16. The average molecular weight is 320 g/mol. The van der Waals surface area contributed by atoms with E-state index in [9.17, 15) is 4.79 Å². The van der Waals surface area contributed by atoms with Crippen LogP contribution in [0, 0.1) is 11.8 Å². The van der Waals surface area contributed by atoms with Gasteiger partial charge in [0.1, 0.15) is 18.3 Å². The van der Waals surface area contributed by atoms with Gasteiger partial charge < -0.3 is 21.6 Å². The van der Waals surface area contributed by atoms with Gasteiger partial charge in [0.05, 0.1) is 13.5 Å². The van der Waals surface area contributed by atoms with Crippen LogP contribution in [0.5, 0.6) is 5.75 Å². The fourth-order valence-electron chi connectivity index (χ4n) is 3.52. The van der Waals surface area contributed by atoms with E-state index in [1.807, 2.05) is 12.1 Å². The van der Waals surface area contributed by atoms with Crippen molar-refractivity contribution in [3.05, 3.63) is 29.8 Å². The van der Waals surface area contributed by atoms with Gasteiger partial charge in [-0.3, -0.25) is 4.79 Å². The first-order valence-electron chi connectivity index (χ1n) is 7.74. The van der Waals surface area contributed by atoms with Crippen molar-refractivity contribution in [2.45, 2.75) is 51.2 Å². The summed E-state index contributed by atoms with van der Waals surface area (Å²) >= 11 is 0. The van der Waals surface area contributed by atoms with E-state index in [-0.39, 0.29) is 18.4 Å². The molecule has 2 heterocycles. The molecule has 3 nitrogen and oxygen atoms in total. The Morgan fingerprint density at radius 3 is 2.68 bits per heavy atom. The molecule has 118 valence electrons. The highest BCUT2D eigenvalue weighted by Gasteiger charge is 2.46. The van der Waals surface area contributed by atoms with Crippen LogP contribution in [-0.4, -0.2) is 29.6 Å². The van der Waals surface area contributed by atoms with Gasteiger partial charge in [-0.25, -0.2) is 0 Å². The molecule has 0 aliphatic carbocycles. The fourth-order valence-corrected chi connectivity index (χ4v) is 3.52. The van der Waals surface area contributed by atoms with Gasteiger partial charge in [0.25, 0.3) is 0 Å². The first-order valence-corrected chi connectivity index (χ1v) is 7.74. The van der Waals surface area contributed by atoms with E-state index in [1.54, 1.807) is 6.92 Å². The lowest BCUT2D eigenvalue weighted by Crippen LogP contribution is -3.00. The van der Waals surface area contributed by atoms with Crippen LogP contribution in [0.3, 0.4) is 0 Å². The Hall–Kier alpha value is -1.50. The summed E-state index contributed by atoms with van der Waals surface area (Å²) in [5.74, 6) is 7.17. The van der Waals surface area contributed by atoms with Crippen LogP contribution < -0.4 is 17.1 Å². The summed E-state index contributed by atoms with van der Waals surface area (Å²) in [5, 5.41) is 0. The van der Waals surface area contributed by atoms with Crippen molar-refractivity contribution in [3.8, 4) is 17.6 Å². The van der Waals surface area contributed by atoms with Gasteiger partial charge in [-0.1, -0.05) is 12.8 Å². The topological polar surface area (TPSA) is 26.3 Å². The highest BCUT2D eigenvalue weighted by Crippen LogP contribution is 2.37. The van der Waals surface area contributed by atoms with E-state index in [0.29, 0.717) is 24.3 Å². The van der Waals surface area contributed by atoms with Crippen molar-refractivity contribution in [1.29, 1.82) is 0 Å². The summed E-state index contributed by atoms with van der Waals surface area (Å²) in [6.45, 7) is 2.81. The van der Waals surface area contributed by atoms with Gasteiger partial charge in [-0.15, -0.1) is 0 Å². The number of rotatable bonds is 4. The molecular weight excluding hydrogens is 298 g/mol. The van der Waals surface area contributed by atoms with E-state index in [2.05, 4.69) is 31.0 Å². The molecule has 0 aromatic heterocycles. The van der Waals surface area contributed by atoms with E-state index in [0.717, 1.165) is 17.4 Å². The summed E-state index contributed by atoms with van der Waals surface area (Å²) in [5.41, 5.74) is 1.29. The van der Waals surface area contributed by atoms with Crippen LogP contribution in [0.2, 0.25) is 0 Å². The maximum absolute atomic E-state index is 11.3. The molecule has 0 N–H and O–H groups in total. The Labute approximate surface area is 138 Å². The zero-order valence-corrected chi connectivity index (χ0v) is 13.9. The molecule has 2 bridgehead atoms. The van der Waals surface area contributed by atoms with Gasteiger partial charge in [0.2, 0.25) is 0 Å². The van der Waals surface area contributed by atoms with Crippen LogP contribution in [-0.2, 0) is 11.3 Å². The number of benzene rings is 1. The summed E-state index contributed by atoms with van der Waals surface area (Å²) in [6.07, 6.45) is 3.92. The molecule has 2 aliphatic rings. The van der Waals surface area contributed by atoms with Crippen LogP contribution in [0.1, 0.15) is 38.2 Å². The number of carbonyl (C=O) groups is 1. The molecule has 1 fully saturated rings. The van der Waals surface area contributed by atoms with E-state index < -0.39 is 0 Å². The molecule has 0 amide bonds. The molecule has 1 saturated heterocycles. The van der Waals surface area contributed by atoms with Gasteiger partial charge in [-0.2, -0.15) is 0 Å². The number of quaternary nitrogens is 1. The predicted molar refractivity (Wildman–Crippen MR) is 81.5 cm³/mol. The standard InChI is InChI=1S/C18H22NO2.ClH/c1-3-18(20)21-17-11-7-14(8-12-17)13-19(2)15-5-4-6-16(19)10-9-15;/h7-8,11-12,15-16H,3,5,9-10,13H2,1-2H3;1H/q+1;/p-1/t15-,16+,19?;/m1./s1. The summed E-state index contributed by atoms with van der Waals surface area (Å²) < 4.78 is 6.26. The van der Waals surface area contributed by atoms with E-state index in [1.165, 1.54) is 18.4 Å². The Bertz CT molecular complexity index is 602. The van der Waals surface area contributed by atoms with Crippen LogP contribution in [0.4, 0.5) is 0 Å². The lowest BCUT2D eigenvalue weighted by Gasteiger charge is -2.40. The van der Waals surface area contributed by atoms with Gasteiger partial charge in [0, 0.05) is 24.8 Å². The van der Waals surface area contributed by atoms with Crippen molar-refractivity contribution in [3.63, 3.8) is 0 Å². The Morgan fingerprint density at radius 1 is 1.32 bits per heavy atom. The van der Waals surface area contributed by atoms with Crippen molar-refractivity contribution in [2.24, 2.45) is 0 Å². The van der Waals surface area contributed by atoms with Crippen LogP contribution in [0.25, 0.3) is 0 Å². The lowest BCUT2D eigenvalue weighted by molar-refractivity contribution is -0.949. The first kappa shape index (κ1) is 16.9. The number of esters is 1. The summed E-state index contributed by atoms with van der Waals surface area (Å²) in [4.78, 5) is 11.3. The molecule has 0 saturated carbocycles. The number of halogens is 1. The third-order valence-corrected chi connectivity index (χ3v) is 4.89. The molecule has 4 heteroatoms. The second-order valence-electron chi connectivity index (χ2n) is 6.25. The highest BCUT2D eigenvalue weighted by atomic mass is 35.5. The Balaban J connectivity index is 0.00000176. The minimum atomic E-state index is -0.189. The van der Waals surface area contributed by atoms with Crippen molar-refractivity contribution in [1.82, 2.24) is 0 Å². The van der Waals surface area contributed by atoms with Crippen molar-refractivity contribution < 1.29 is 26.4 Å². The second kappa shape index (κ2) is 6.73. The number of ether oxygens (including phenoxy) is 1. The first-order chi connectivity index (χ1) is 10.1. The molecular formula is C18H22ClNO2. The molecule has 2 aliphatic heterocycles. The summed E-state index contributed by atoms with van der Waals surface area (Å²) in [6, 6.07) is 9.10. The second-order valence-corrected chi connectivity index (χ2v) is 6.25. The molecule has 22 heavy (non-hydrogen) atoms. The monoisotopic (exact) mass is 319 g/mol. The lowest BCUT2D eigenvalue weighted by atomic mass is 10.1. The molecule has 1 unspecified atom stereocenters. The van der Waals surface area contributed by atoms with Gasteiger partial charge >= 0.3 is 5.97 Å². The highest BCUT2D eigenvalue weighted by molar-refractivity contribution is 5.71. The number of nitrogens with zero attached hydrogens (tertiary/aromatic N) is 1. The third kappa shape index (κ3) is 3.14. The zero-order chi connectivity index (χ0) is 14.9. The van der Waals surface area contributed by atoms with Crippen LogP contribution >= 0.6 is 0 Å². The third-order valence-electron chi connectivity index (χ3n) is 4.89. The SMILES string of the molecule is CCC(=O)Oc1ccc(C[N+]2(C)[C@@H]3CC#C[C@H]2CC3)cc1.[Cl-]. The normalized spacial score (nSPS) is 28.3. The minimum Gasteiger partial charge on any atom is -1.00 e. The molecule has 1 aromatic carbocycles. The Morgan fingerprint density at radius 2 is 2.05 bits per heavy atom. The van der Waals surface area contributed by atoms with E-state index >= 15 is 0 Å². The molecule has 1 aromatic rings. The van der Waals surface area contributed by atoms with Gasteiger partial charge in [0.15, 0.2) is 6.04 Å². The van der Waals surface area contributed by atoms with Crippen molar-refractivity contribution in [2.75, 3.05) is 7.05 Å². The molecule has 3 atom stereocenters. The summed E-state index contributed by atoms with van der Waals surface area (Å²) in [7, 11) is 2.33. The minimum absolute atomic E-state index is 0. The molecule has 3 rings (SSSR count). The number of hydrogen-bond acceptors (Lipinski definition) is 2. The maximum atomic E-state index is 11.3. The predicted octanol–water partition coefficient (Wildman–Crippen LogP) is -0.109. The van der Waals surface area contributed by atoms with Crippen LogP contribution in [0.15, 0.2) is 24.3 Å².